The molecule has 5 rings (SSSR count). The summed E-state index contributed by atoms with van der Waals surface area (Å²) in [7, 11) is 0. The number of imide groups is 2. The minimum Gasteiger partial charge on any atom is -0.316 e. The zero-order valence-corrected chi connectivity index (χ0v) is 19.8. The molecule has 9 nitrogen and oxygen atoms in total. The second-order valence-corrected chi connectivity index (χ2v) is 10.2. The topological polar surface area (TPSA) is 112 Å². The van der Waals surface area contributed by atoms with Crippen molar-refractivity contribution in [3.63, 3.8) is 0 Å². The standard InChI is InChI=1S/C24H27N5O4S/c1-14-20(34-13-26-14)12-28(11-16-6-7-25-9-16)10-15-2-3-17-18(8-15)24(33)29(23(17)32)19-4-5-21(30)27-22(19)31/h2-3,8,13,16,19,25H,4-7,9-12H2,1H3,(H,27,30,31). The van der Waals surface area contributed by atoms with Gasteiger partial charge in [-0.25, -0.2) is 4.98 Å². The van der Waals surface area contributed by atoms with Gasteiger partial charge in [0.25, 0.3) is 11.8 Å². The molecule has 10 heteroatoms. The molecule has 34 heavy (non-hydrogen) atoms. The number of fused-ring (bicyclic) bond motifs is 1. The van der Waals surface area contributed by atoms with Crippen LogP contribution in [0.3, 0.4) is 0 Å². The van der Waals surface area contributed by atoms with Gasteiger partial charge < -0.3 is 5.32 Å². The van der Waals surface area contributed by atoms with Crippen molar-refractivity contribution < 1.29 is 19.2 Å². The van der Waals surface area contributed by atoms with Crippen molar-refractivity contribution in [3.8, 4) is 0 Å². The monoisotopic (exact) mass is 481 g/mol. The minimum absolute atomic E-state index is 0.108. The molecule has 0 aliphatic carbocycles. The Kier molecular flexibility index (Phi) is 6.28. The molecule has 4 amide bonds. The molecule has 4 heterocycles. The van der Waals surface area contributed by atoms with Gasteiger partial charge in [-0.05, 0) is 56.5 Å². The van der Waals surface area contributed by atoms with Crippen molar-refractivity contribution in [1.29, 1.82) is 0 Å². The molecule has 3 aliphatic heterocycles. The van der Waals surface area contributed by atoms with Crippen LogP contribution >= 0.6 is 11.3 Å². The highest BCUT2D eigenvalue weighted by atomic mass is 32.1. The Hall–Kier alpha value is -2.95. The zero-order chi connectivity index (χ0) is 23.8. The van der Waals surface area contributed by atoms with Crippen LogP contribution in [-0.4, -0.2) is 64.1 Å². The van der Waals surface area contributed by atoms with Crippen LogP contribution in [0, 0.1) is 12.8 Å². The fraction of sp³-hybridized carbons (Fsp3) is 0.458. The number of nitrogens with one attached hydrogen (secondary N) is 2. The van der Waals surface area contributed by atoms with Gasteiger partial charge in [-0.1, -0.05) is 6.07 Å². The third-order valence-corrected chi connectivity index (χ3v) is 7.72. The van der Waals surface area contributed by atoms with Gasteiger partial charge in [0.1, 0.15) is 6.04 Å². The summed E-state index contributed by atoms with van der Waals surface area (Å²) < 4.78 is 0. The number of carbonyl (C=O) groups excluding carboxylic acids is 4. The lowest BCUT2D eigenvalue weighted by Crippen LogP contribution is -2.54. The van der Waals surface area contributed by atoms with Crippen LogP contribution in [0.4, 0.5) is 0 Å². The number of piperidine rings is 1. The lowest BCUT2D eigenvalue weighted by molar-refractivity contribution is -0.136. The van der Waals surface area contributed by atoms with E-state index in [9.17, 15) is 19.2 Å². The maximum Gasteiger partial charge on any atom is 0.262 e. The summed E-state index contributed by atoms with van der Waals surface area (Å²) >= 11 is 1.65. The summed E-state index contributed by atoms with van der Waals surface area (Å²) in [5, 5.41) is 5.65. The molecule has 0 bridgehead atoms. The molecule has 1 aromatic heterocycles. The SMILES string of the molecule is Cc1ncsc1CN(Cc1ccc2c(c1)C(=O)N(C1CCC(=O)NC1=O)C2=O)CC1CCNC1. The van der Waals surface area contributed by atoms with Crippen molar-refractivity contribution in [2.24, 2.45) is 5.92 Å². The van der Waals surface area contributed by atoms with E-state index in [-0.39, 0.29) is 18.7 Å². The quantitative estimate of drug-likeness (QED) is 0.576. The number of amides is 4. The van der Waals surface area contributed by atoms with E-state index >= 15 is 0 Å². The molecule has 0 saturated carbocycles. The number of aryl methyl sites for hydroxylation is 1. The van der Waals surface area contributed by atoms with Gasteiger partial charge in [0, 0.05) is 30.9 Å². The Morgan fingerprint density at radius 2 is 1.94 bits per heavy atom. The third kappa shape index (κ3) is 4.40. The summed E-state index contributed by atoms with van der Waals surface area (Å²) in [6.45, 7) is 6.39. The average molecular weight is 482 g/mol. The molecule has 2 aromatic rings. The summed E-state index contributed by atoms with van der Waals surface area (Å²) in [5.41, 5.74) is 4.47. The molecule has 2 unspecified atom stereocenters. The predicted octanol–water partition coefficient (Wildman–Crippen LogP) is 1.46. The van der Waals surface area contributed by atoms with E-state index in [2.05, 4.69) is 20.5 Å². The van der Waals surface area contributed by atoms with E-state index in [1.807, 2.05) is 18.5 Å². The van der Waals surface area contributed by atoms with Gasteiger partial charge in [0.05, 0.1) is 22.3 Å². The van der Waals surface area contributed by atoms with Crippen molar-refractivity contribution in [3.05, 3.63) is 51.0 Å². The lowest BCUT2D eigenvalue weighted by atomic mass is 10.0. The molecule has 2 atom stereocenters. The van der Waals surface area contributed by atoms with Crippen LogP contribution in [0.5, 0.6) is 0 Å². The van der Waals surface area contributed by atoms with E-state index in [1.54, 1.807) is 23.5 Å². The average Bonchev–Trinajstić information content (AvgIpc) is 3.51. The second-order valence-electron chi connectivity index (χ2n) is 9.22. The Morgan fingerprint density at radius 1 is 1.12 bits per heavy atom. The first-order chi connectivity index (χ1) is 16.4. The Morgan fingerprint density at radius 3 is 2.65 bits per heavy atom. The van der Waals surface area contributed by atoms with Gasteiger partial charge in [0.2, 0.25) is 11.8 Å². The van der Waals surface area contributed by atoms with Crippen molar-refractivity contribution in [2.75, 3.05) is 19.6 Å². The Bertz CT molecular complexity index is 1160. The van der Waals surface area contributed by atoms with Gasteiger partial charge in [-0.2, -0.15) is 0 Å². The molecule has 3 aliphatic rings. The summed E-state index contributed by atoms with van der Waals surface area (Å²) in [4.78, 5) is 58.9. The van der Waals surface area contributed by atoms with Crippen LogP contribution in [0.2, 0.25) is 0 Å². The highest BCUT2D eigenvalue weighted by Gasteiger charge is 2.44. The number of aromatic nitrogens is 1. The Balaban J connectivity index is 1.36. The van der Waals surface area contributed by atoms with Crippen LogP contribution in [0.15, 0.2) is 23.7 Å². The Labute approximate surface area is 201 Å². The lowest BCUT2D eigenvalue weighted by Gasteiger charge is -2.27. The molecule has 1 aromatic carbocycles. The largest absolute Gasteiger partial charge is 0.316 e. The minimum atomic E-state index is -0.950. The number of nitrogens with zero attached hydrogens (tertiary/aromatic N) is 3. The summed E-state index contributed by atoms with van der Waals surface area (Å²) in [6, 6.07) is 4.40. The number of hydrogen-bond acceptors (Lipinski definition) is 8. The van der Waals surface area contributed by atoms with Crippen molar-refractivity contribution >= 4 is 35.0 Å². The third-order valence-electron chi connectivity index (χ3n) is 6.80. The fourth-order valence-corrected chi connectivity index (χ4v) is 5.79. The zero-order valence-electron chi connectivity index (χ0n) is 19.0. The van der Waals surface area contributed by atoms with Gasteiger partial charge in [-0.3, -0.25) is 34.3 Å². The first kappa shape index (κ1) is 22.8. The van der Waals surface area contributed by atoms with E-state index < -0.39 is 23.8 Å². The molecule has 0 spiro atoms. The van der Waals surface area contributed by atoms with Crippen LogP contribution < -0.4 is 10.6 Å². The first-order valence-electron chi connectivity index (χ1n) is 11.6. The van der Waals surface area contributed by atoms with Gasteiger partial charge in [-0.15, -0.1) is 11.3 Å². The molecule has 2 saturated heterocycles. The number of hydrogen-bond donors (Lipinski definition) is 2. The van der Waals surface area contributed by atoms with Crippen LogP contribution in [-0.2, 0) is 22.7 Å². The van der Waals surface area contributed by atoms with Gasteiger partial charge >= 0.3 is 0 Å². The maximum atomic E-state index is 13.2. The molecule has 0 radical (unpaired) electrons. The molecular formula is C24H27N5O4S. The maximum absolute atomic E-state index is 13.2. The smallest absolute Gasteiger partial charge is 0.262 e. The first-order valence-corrected chi connectivity index (χ1v) is 12.4. The van der Waals surface area contributed by atoms with Crippen molar-refractivity contribution in [2.45, 2.75) is 45.3 Å². The normalized spacial score (nSPS) is 22.6. The summed E-state index contributed by atoms with van der Waals surface area (Å²) in [6.07, 6.45) is 1.40. The number of rotatable bonds is 7. The van der Waals surface area contributed by atoms with Crippen molar-refractivity contribution in [1.82, 2.24) is 25.4 Å². The molecule has 2 fully saturated rings. The number of benzene rings is 1. The van der Waals surface area contributed by atoms with E-state index in [4.69, 9.17) is 0 Å². The highest BCUT2D eigenvalue weighted by Crippen LogP contribution is 2.29. The molecule has 178 valence electrons. The molecule has 2 N–H and O–H groups in total. The predicted molar refractivity (Wildman–Crippen MR) is 125 cm³/mol. The van der Waals surface area contributed by atoms with E-state index in [1.165, 1.54) is 4.88 Å². The second kappa shape index (κ2) is 9.36. The fourth-order valence-electron chi connectivity index (χ4n) is 4.98. The van der Waals surface area contributed by atoms with Crippen LogP contribution in [0.1, 0.15) is 56.1 Å². The van der Waals surface area contributed by atoms with E-state index in [0.717, 1.165) is 48.8 Å². The van der Waals surface area contributed by atoms with E-state index in [0.29, 0.717) is 23.6 Å². The number of thiazole rings is 1. The van der Waals surface area contributed by atoms with Gasteiger partial charge in [0.15, 0.2) is 0 Å². The number of carbonyl (C=O) groups is 4. The van der Waals surface area contributed by atoms with Crippen LogP contribution in [0.25, 0.3) is 0 Å². The highest BCUT2D eigenvalue weighted by molar-refractivity contribution is 7.09. The molecular weight excluding hydrogens is 454 g/mol. The summed E-state index contributed by atoms with van der Waals surface area (Å²) in [5.74, 6) is -1.36.